The number of ether oxygens (including phenoxy) is 1. The summed E-state index contributed by atoms with van der Waals surface area (Å²) in [4.78, 5) is 9.79. The van der Waals surface area contributed by atoms with Crippen LogP contribution in [0.2, 0.25) is 0 Å². The van der Waals surface area contributed by atoms with E-state index in [1.54, 1.807) is 0 Å². The second-order valence-corrected chi connectivity index (χ2v) is 5.04. The van der Waals surface area contributed by atoms with Gasteiger partial charge in [-0.3, -0.25) is 10.1 Å². The molecule has 104 valence electrons. The molecular weight excluding hydrogens is 249 g/mol. The molecular formula is C14H18FNO3. The zero-order valence-corrected chi connectivity index (χ0v) is 11.0. The maximum Gasteiger partial charge on any atom is 0.305 e. The molecule has 1 fully saturated rings. The maximum absolute atomic E-state index is 13.5. The highest BCUT2D eigenvalue weighted by molar-refractivity contribution is 5.38. The summed E-state index contributed by atoms with van der Waals surface area (Å²) in [6.45, 7) is 2.19. The van der Waals surface area contributed by atoms with Crippen LogP contribution in [0.1, 0.15) is 39.0 Å². The van der Waals surface area contributed by atoms with Gasteiger partial charge in [0.2, 0.25) is 5.82 Å². The highest BCUT2D eigenvalue weighted by Gasteiger charge is 2.22. The van der Waals surface area contributed by atoms with Crippen LogP contribution in [0.3, 0.4) is 0 Å². The molecule has 1 aliphatic rings. The zero-order valence-electron chi connectivity index (χ0n) is 11.0. The minimum atomic E-state index is -0.843. The van der Waals surface area contributed by atoms with Crippen LogP contribution in [0, 0.1) is 21.8 Å². The predicted molar refractivity (Wildman–Crippen MR) is 69.7 cm³/mol. The first-order valence-electron chi connectivity index (χ1n) is 6.70. The van der Waals surface area contributed by atoms with E-state index in [-0.39, 0.29) is 6.10 Å². The molecule has 5 heteroatoms. The molecule has 1 aromatic carbocycles. The lowest BCUT2D eigenvalue weighted by Crippen LogP contribution is -2.23. The standard InChI is InChI=1S/C14H18FNO3/c1-2-10-3-5-11(6-4-10)19-12-7-8-14(16(17)18)13(15)9-12/h7-11H,2-6H2,1H3. The van der Waals surface area contributed by atoms with Gasteiger partial charge < -0.3 is 4.74 Å². The molecule has 0 aliphatic heterocycles. The molecule has 0 heterocycles. The Hall–Kier alpha value is -1.65. The number of rotatable bonds is 4. The summed E-state index contributed by atoms with van der Waals surface area (Å²) < 4.78 is 19.2. The van der Waals surface area contributed by atoms with E-state index in [1.165, 1.54) is 12.5 Å². The molecule has 2 rings (SSSR count). The third kappa shape index (κ3) is 3.43. The molecule has 0 N–H and O–H groups in total. The predicted octanol–water partition coefficient (Wildman–Crippen LogP) is 4.08. The summed E-state index contributed by atoms with van der Waals surface area (Å²) in [5.74, 6) is 0.307. The maximum atomic E-state index is 13.5. The molecule has 1 aliphatic carbocycles. The van der Waals surface area contributed by atoms with Gasteiger partial charge in [0, 0.05) is 12.1 Å². The Morgan fingerprint density at radius 2 is 2.05 bits per heavy atom. The number of benzene rings is 1. The van der Waals surface area contributed by atoms with E-state index in [0.29, 0.717) is 5.75 Å². The van der Waals surface area contributed by atoms with Crippen molar-refractivity contribution in [1.82, 2.24) is 0 Å². The van der Waals surface area contributed by atoms with Gasteiger partial charge in [-0.15, -0.1) is 0 Å². The molecule has 1 saturated carbocycles. The van der Waals surface area contributed by atoms with Crippen molar-refractivity contribution in [2.45, 2.75) is 45.1 Å². The van der Waals surface area contributed by atoms with Crippen LogP contribution in [-0.4, -0.2) is 11.0 Å². The van der Waals surface area contributed by atoms with Crippen molar-refractivity contribution in [3.8, 4) is 5.75 Å². The highest BCUT2D eigenvalue weighted by atomic mass is 19.1. The molecule has 0 unspecified atom stereocenters. The second kappa shape index (κ2) is 5.99. The Morgan fingerprint density at radius 3 is 2.58 bits per heavy atom. The average molecular weight is 267 g/mol. The van der Waals surface area contributed by atoms with Gasteiger partial charge in [-0.1, -0.05) is 13.3 Å². The number of halogens is 1. The van der Waals surface area contributed by atoms with Crippen LogP contribution >= 0.6 is 0 Å². The fourth-order valence-electron chi connectivity index (χ4n) is 2.56. The molecule has 0 aromatic heterocycles. The summed E-state index contributed by atoms with van der Waals surface area (Å²) >= 11 is 0. The number of hydrogen-bond donors (Lipinski definition) is 0. The molecule has 4 nitrogen and oxygen atoms in total. The van der Waals surface area contributed by atoms with Crippen molar-refractivity contribution >= 4 is 5.69 Å². The van der Waals surface area contributed by atoms with Gasteiger partial charge in [0.05, 0.1) is 11.0 Å². The minimum Gasteiger partial charge on any atom is -0.490 e. The third-order valence-corrected chi connectivity index (χ3v) is 3.79. The van der Waals surface area contributed by atoms with Gasteiger partial charge in [-0.05, 0) is 37.7 Å². The summed E-state index contributed by atoms with van der Waals surface area (Å²) in [6.07, 6.45) is 5.50. The summed E-state index contributed by atoms with van der Waals surface area (Å²) in [6, 6.07) is 3.72. The Bertz CT molecular complexity index is 456. The Labute approximate surface area is 111 Å². The fraction of sp³-hybridized carbons (Fsp3) is 0.571. The van der Waals surface area contributed by atoms with Gasteiger partial charge in [-0.25, -0.2) is 0 Å². The Kier molecular flexibility index (Phi) is 4.35. The van der Waals surface area contributed by atoms with E-state index in [1.807, 2.05) is 0 Å². The Balaban J connectivity index is 1.97. The van der Waals surface area contributed by atoms with E-state index in [2.05, 4.69) is 6.92 Å². The lowest BCUT2D eigenvalue weighted by molar-refractivity contribution is -0.387. The SMILES string of the molecule is CCC1CCC(Oc2ccc([N+](=O)[O-])c(F)c2)CC1. The molecule has 1 aromatic rings. The highest BCUT2D eigenvalue weighted by Crippen LogP contribution is 2.30. The van der Waals surface area contributed by atoms with Gasteiger partial charge in [0.25, 0.3) is 0 Å². The second-order valence-electron chi connectivity index (χ2n) is 5.04. The molecule has 0 saturated heterocycles. The third-order valence-electron chi connectivity index (χ3n) is 3.79. The lowest BCUT2D eigenvalue weighted by atomic mass is 9.86. The molecule has 0 radical (unpaired) electrons. The van der Waals surface area contributed by atoms with Crippen LogP contribution in [0.5, 0.6) is 5.75 Å². The number of nitro benzene ring substituents is 1. The average Bonchev–Trinajstić information content (AvgIpc) is 2.39. The number of nitrogens with zero attached hydrogens (tertiary/aromatic N) is 1. The smallest absolute Gasteiger partial charge is 0.305 e. The molecule has 0 bridgehead atoms. The van der Waals surface area contributed by atoms with E-state index < -0.39 is 16.4 Å². The van der Waals surface area contributed by atoms with Crippen LogP contribution in [0.15, 0.2) is 18.2 Å². The van der Waals surface area contributed by atoms with Gasteiger partial charge in [0.15, 0.2) is 0 Å². The Morgan fingerprint density at radius 1 is 1.37 bits per heavy atom. The molecule has 19 heavy (non-hydrogen) atoms. The van der Waals surface area contributed by atoms with Crippen molar-refractivity contribution < 1.29 is 14.1 Å². The first-order chi connectivity index (χ1) is 9.10. The van der Waals surface area contributed by atoms with Crippen molar-refractivity contribution in [2.24, 2.45) is 5.92 Å². The largest absolute Gasteiger partial charge is 0.490 e. The summed E-state index contributed by atoms with van der Waals surface area (Å²) in [5.41, 5.74) is -0.512. The number of nitro groups is 1. The normalized spacial score (nSPS) is 23.1. The summed E-state index contributed by atoms with van der Waals surface area (Å²) in [5, 5.41) is 10.5. The van der Waals surface area contributed by atoms with Gasteiger partial charge in [0.1, 0.15) is 5.75 Å². The van der Waals surface area contributed by atoms with E-state index in [0.717, 1.165) is 43.7 Å². The van der Waals surface area contributed by atoms with Crippen molar-refractivity contribution in [3.63, 3.8) is 0 Å². The fourth-order valence-corrected chi connectivity index (χ4v) is 2.56. The van der Waals surface area contributed by atoms with Crippen LogP contribution < -0.4 is 4.74 Å². The van der Waals surface area contributed by atoms with E-state index in [9.17, 15) is 14.5 Å². The van der Waals surface area contributed by atoms with Gasteiger partial charge >= 0.3 is 5.69 Å². The topological polar surface area (TPSA) is 52.4 Å². The van der Waals surface area contributed by atoms with Crippen molar-refractivity contribution in [3.05, 3.63) is 34.1 Å². The zero-order chi connectivity index (χ0) is 13.8. The molecule has 0 amide bonds. The van der Waals surface area contributed by atoms with Crippen LogP contribution in [0.4, 0.5) is 10.1 Å². The summed E-state index contributed by atoms with van der Waals surface area (Å²) in [7, 11) is 0. The van der Waals surface area contributed by atoms with Gasteiger partial charge in [-0.2, -0.15) is 4.39 Å². The van der Waals surface area contributed by atoms with Crippen LogP contribution in [0.25, 0.3) is 0 Å². The van der Waals surface area contributed by atoms with Crippen molar-refractivity contribution in [1.29, 1.82) is 0 Å². The van der Waals surface area contributed by atoms with Crippen LogP contribution in [-0.2, 0) is 0 Å². The van der Waals surface area contributed by atoms with Crippen molar-refractivity contribution in [2.75, 3.05) is 0 Å². The minimum absolute atomic E-state index is 0.101. The quantitative estimate of drug-likeness (QED) is 0.610. The lowest BCUT2D eigenvalue weighted by Gasteiger charge is -2.28. The number of hydrogen-bond acceptors (Lipinski definition) is 3. The van der Waals surface area contributed by atoms with E-state index >= 15 is 0 Å². The van der Waals surface area contributed by atoms with E-state index in [4.69, 9.17) is 4.74 Å². The molecule has 0 spiro atoms. The first-order valence-corrected chi connectivity index (χ1v) is 6.70. The molecule has 0 atom stereocenters. The monoisotopic (exact) mass is 267 g/mol. The first kappa shape index (κ1) is 13.8.